The molecule has 4 heteroatoms. The molecule has 2 heterocycles. The quantitative estimate of drug-likeness (QED) is 0.697. The summed E-state index contributed by atoms with van der Waals surface area (Å²) >= 11 is 3.45. The maximum absolute atomic E-state index is 5.93. The average Bonchev–Trinajstić information content (AvgIpc) is 2.75. The summed E-state index contributed by atoms with van der Waals surface area (Å²) in [7, 11) is 0. The molecule has 90 valence electrons. The van der Waals surface area contributed by atoms with E-state index in [1.165, 1.54) is 0 Å². The van der Waals surface area contributed by atoms with Crippen LogP contribution in [0.2, 0.25) is 0 Å². The summed E-state index contributed by atoms with van der Waals surface area (Å²) in [6, 6.07) is 9.99. The molecule has 0 saturated heterocycles. The van der Waals surface area contributed by atoms with Crippen LogP contribution in [0.5, 0.6) is 0 Å². The molecule has 0 fully saturated rings. The minimum Gasteiger partial charge on any atom is -0.398 e. The van der Waals surface area contributed by atoms with Gasteiger partial charge in [0.15, 0.2) is 0 Å². The molecule has 18 heavy (non-hydrogen) atoms. The second-order valence-corrected chi connectivity index (χ2v) is 5.23. The van der Waals surface area contributed by atoms with Crippen molar-refractivity contribution in [2.45, 2.75) is 6.92 Å². The Morgan fingerprint density at radius 2 is 2.00 bits per heavy atom. The lowest BCUT2D eigenvalue weighted by molar-refractivity contribution is 1.17. The molecule has 2 aromatic heterocycles. The highest BCUT2D eigenvalue weighted by Gasteiger charge is 2.05. The molecule has 3 rings (SSSR count). The number of imidazole rings is 1. The largest absolute Gasteiger partial charge is 0.398 e. The summed E-state index contributed by atoms with van der Waals surface area (Å²) in [5.74, 6) is 0. The van der Waals surface area contributed by atoms with Gasteiger partial charge in [-0.15, -0.1) is 0 Å². The van der Waals surface area contributed by atoms with Crippen LogP contribution in [0.25, 0.3) is 16.9 Å². The third-order valence-corrected chi connectivity index (χ3v) is 3.46. The summed E-state index contributed by atoms with van der Waals surface area (Å²) in [5.41, 5.74) is 10.7. The Balaban J connectivity index is 2.16. The number of hydrogen-bond acceptors (Lipinski definition) is 2. The van der Waals surface area contributed by atoms with Crippen LogP contribution < -0.4 is 5.73 Å². The standard InChI is InChI=1S/C14H12BrN3/c1-9-2-3-10(6-12(9)16)13-8-18-7-11(15)4-5-14(18)17-13/h2-8H,16H2,1H3. The molecule has 0 atom stereocenters. The number of aryl methyl sites for hydroxylation is 1. The van der Waals surface area contributed by atoms with E-state index in [1.54, 1.807) is 0 Å². The molecule has 0 saturated carbocycles. The molecule has 1 aromatic carbocycles. The molecule has 0 aliphatic heterocycles. The van der Waals surface area contributed by atoms with Crippen LogP contribution in [-0.4, -0.2) is 9.38 Å². The van der Waals surface area contributed by atoms with Gasteiger partial charge in [0.25, 0.3) is 0 Å². The highest BCUT2D eigenvalue weighted by atomic mass is 79.9. The van der Waals surface area contributed by atoms with Crippen LogP contribution >= 0.6 is 15.9 Å². The number of pyridine rings is 1. The highest BCUT2D eigenvalue weighted by Crippen LogP contribution is 2.24. The second-order valence-electron chi connectivity index (χ2n) is 4.31. The van der Waals surface area contributed by atoms with Gasteiger partial charge in [0.05, 0.1) is 5.69 Å². The van der Waals surface area contributed by atoms with E-state index in [1.807, 2.05) is 54.0 Å². The molecule has 0 aliphatic carbocycles. The van der Waals surface area contributed by atoms with E-state index in [2.05, 4.69) is 20.9 Å². The van der Waals surface area contributed by atoms with Crippen LogP contribution in [0.1, 0.15) is 5.56 Å². The van der Waals surface area contributed by atoms with Crippen molar-refractivity contribution in [3.8, 4) is 11.3 Å². The van der Waals surface area contributed by atoms with Crippen molar-refractivity contribution in [3.63, 3.8) is 0 Å². The third-order valence-electron chi connectivity index (χ3n) is 2.99. The molecular formula is C14H12BrN3. The third kappa shape index (κ3) is 1.88. The monoisotopic (exact) mass is 301 g/mol. The van der Waals surface area contributed by atoms with Gasteiger partial charge in [0.2, 0.25) is 0 Å². The first-order chi connectivity index (χ1) is 8.63. The van der Waals surface area contributed by atoms with Gasteiger partial charge in [-0.05, 0) is 46.6 Å². The zero-order valence-corrected chi connectivity index (χ0v) is 11.5. The fourth-order valence-corrected chi connectivity index (χ4v) is 2.26. The molecule has 0 amide bonds. The number of nitrogens with two attached hydrogens (primary N) is 1. The number of nitrogens with zero attached hydrogens (tertiary/aromatic N) is 2. The number of rotatable bonds is 1. The average molecular weight is 302 g/mol. The SMILES string of the molecule is Cc1ccc(-c2cn3cc(Br)ccc3n2)cc1N. The van der Waals surface area contributed by atoms with Crippen molar-refractivity contribution in [1.29, 1.82) is 0 Å². The molecule has 0 unspecified atom stereocenters. The first-order valence-electron chi connectivity index (χ1n) is 5.64. The number of halogens is 1. The molecule has 3 nitrogen and oxygen atoms in total. The molecule has 0 spiro atoms. The number of fused-ring (bicyclic) bond motifs is 1. The van der Waals surface area contributed by atoms with Gasteiger partial charge in [0, 0.05) is 28.1 Å². The van der Waals surface area contributed by atoms with Crippen LogP contribution in [0, 0.1) is 6.92 Å². The Hall–Kier alpha value is -1.81. The van der Waals surface area contributed by atoms with Crippen molar-refractivity contribution in [3.05, 3.63) is 52.8 Å². The predicted molar refractivity (Wildman–Crippen MR) is 77.5 cm³/mol. The van der Waals surface area contributed by atoms with Gasteiger partial charge in [0.1, 0.15) is 5.65 Å². The van der Waals surface area contributed by atoms with Gasteiger partial charge < -0.3 is 10.1 Å². The summed E-state index contributed by atoms with van der Waals surface area (Å²) < 4.78 is 3.03. The Kier molecular flexibility index (Phi) is 2.59. The van der Waals surface area contributed by atoms with E-state index in [0.717, 1.165) is 32.6 Å². The maximum Gasteiger partial charge on any atom is 0.137 e. The first-order valence-corrected chi connectivity index (χ1v) is 6.43. The maximum atomic E-state index is 5.93. The predicted octanol–water partition coefficient (Wildman–Crippen LogP) is 3.65. The molecule has 2 N–H and O–H groups in total. The Morgan fingerprint density at radius 1 is 1.17 bits per heavy atom. The van der Waals surface area contributed by atoms with E-state index in [9.17, 15) is 0 Å². The Labute approximate surface area is 113 Å². The van der Waals surface area contributed by atoms with Crippen LogP contribution in [0.3, 0.4) is 0 Å². The fourth-order valence-electron chi connectivity index (χ4n) is 1.90. The highest BCUT2D eigenvalue weighted by molar-refractivity contribution is 9.10. The molecule has 3 aromatic rings. The fraction of sp³-hybridized carbons (Fsp3) is 0.0714. The van der Waals surface area contributed by atoms with Gasteiger partial charge in [-0.25, -0.2) is 4.98 Å². The normalized spacial score (nSPS) is 11.0. The smallest absolute Gasteiger partial charge is 0.137 e. The van der Waals surface area contributed by atoms with E-state index in [4.69, 9.17) is 5.73 Å². The van der Waals surface area contributed by atoms with Crippen molar-refractivity contribution in [2.24, 2.45) is 0 Å². The number of aromatic nitrogens is 2. The van der Waals surface area contributed by atoms with Crippen molar-refractivity contribution in [1.82, 2.24) is 9.38 Å². The summed E-state index contributed by atoms with van der Waals surface area (Å²) in [6.45, 7) is 2.00. The molecular weight excluding hydrogens is 290 g/mol. The van der Waals surface area contributed by atoms with E-state index in [-0.39, 0.29) is 0 Å². The second kappa shape index (κ2) is 4.14. The zero-order chi connectivity index (χ0) is 12.7. The van der Waals surface area contributed by atoms with Crippen LogP contribution in [0.15, 0.2) is 47.2 Å². The Morgan fingerprint density at radius 3 is 2.78 bits per heavy atom. The molecule has 0 aliphatic rings. The van der Waals surface area contributed by atoms with E-state index >= 15 is 0 Å². The molecule has 0 bridgehead atoms. The molecule has 0 radical (unpaired) electrons. The van der Waals surface area contributed by atoms with Gasteiger partial charge in [-0.3, -0.25) is 0 Å². The topological polar surface area (TPSA) is 43.3 Å². The van der Waals surface area contributed by atoms with Gasteiger partial charge >= 0.3 is 0 Å². The van der Waals surface area contributed by atoms with Crippen molar-refractivity contribution < 1.29 is 0 Å². The lowest BCUT2D eigenvalue weighted by Crippen LogP contribution is -1.89. The van der Waals surface area contributed by atoms with Crippen LogP contribution in [-0.2, 0) is 0 Å². The number of nitrogen functional groups attached to an aromatic ring is 1. The van der Waals surface area contributed by atoms with Gasteiger partial charge in [-0.1, -0.05) is 12.1 Å². The van der Waals surface area contributed by atoms with Crippen LogP contribution in [0.4, 0.5) is 5.69 Å². The Bertz CT molecular complexity index is 731. The zero-order valence-electron chi connectivity index (χ0n) is 9.89. The summed E-state index contributed by atoms with van der Waals surface area (Å²) in [6.07, 6.45) is 3.99. The van der Waals surface area contributed by atoms with Crippen molar-refractivity contribution >= 4 is 27.3 Å². The van der Waals surface area contributed by atoms with Crippen molar-refractivity contribution in [2.75, 3.05) is 5.73 Å². The number of anilines is 1. The van der Waals surface area contributed by atoms with Gasteiger partial charge in [-0.2, -0.15) is 0 Å². The number of benzene rings is 1. The van der Waals surface area contributed by atoms with E-state index < -0.39 is 0 Å². The summed E-state index contributed by atoms with van der Waals surface area (Å²) in [4.78, 5) is 4.58. The minimum atomic E-state index is 0.797. The lowest BCUT2D eigenvalue weighted by atomic mass is 10.1. The minimum absolute atomic E-state index is 0.797. The number of hydrogen-bond donors (Lipinski definition) is 1. The lowest BCUT2D eigenvalue weighted by Gasteiger charge is -2.01. The summed E-state index contributed by atoms with van der Waals surface area (Å²) in [5, 5.41) is 0. The first kappa shape index (κ1) is 11.3. The van der Waals surface area contributed by atoms with E-state index in [0.29, 0.717) is 0 Å².